The van der Waals surface area contributed by atoms with E-state index in [1.54, 1.807) is 0 Å². The summed E-state index contributed by atoms with van der Waals surface area (Å²) >= 11 is 0. The molecule has 2 heterocycles. The van der Waals surface area contributed by atoms with Crippen molar-refractivity contribution in [2.24, 2.45) is 5.92 Å². The minimum Gasteiger partial charge on any atom is -0.485 e. The number of allylic oxidation sites excluding steroid dienone is 7. The standard InChI is InChI=1S/C36H25N3O/c1-36-21-8-7-12-26(36)19-17-24-22-25(18-20-29(24)36)34-37-33(23-10-3-2-4-11-23)38-35(39-34)28-14-9-16-31-32(28)27-13-5-6-15-30(27)40-31/h2-3,5-10,12-22,26,31-32H,1H3. The normalized spacial score (nSPS) is 24.7. The van der Waals surface area contributed by atoms with Gasteiger partial charge in [0.25, 0.3) is 0 Å². The molecule has 4 aromatic rings. The second-order valence-corrected chi connectivity index (χ2v) is 10.8. The third kappa shape index (κ3) is 3.52. The summed E-state index contributed by atoms with van der Waals surface area (Å²) in [7, 11) is 0. The van der Waals surface area contributed by atoms with Crippen LogP contribution in [0.25, 0.3) is 34.4 Å². The maximum atomic E-state index is 6.28. The average Bonchev–Trinajstić information content (AvgIpc) is 3.40. The highest BCUT2D eigenvalue weighted by atomic mass is 16.5. The third-order valence-corrected chi connectivity index (χ3v) is 8.48. The zero-order valence-corrected chi connectivity index (χ0v) is 22.0. The van der Waals surface area contributed by atoms with Crippen LogP contribution in [0, 0.1) is 18.1 Å². The molecule has 4 nitrogen and oxygen atoms in total. The molecule has 0 N–H and O–H groups in total. The number of hydrogen-bond acceptors (Lipinski definition) is 4. The molecule has 4 aliphatic rings. The first-order valence-corrected chi connectivity index (χ1v) is 13.7. The summed E-state index contributed by atoms with van der Waals surface area (Å²) in [5, 5.41) is 0. The Morgan fingerprint density at radius 3 is 2.67 bits per heavy atom. The average molecular weight is 516 g/mol. The van der Waals surface area contributed by atoms with E-state index in [0.29, 0.717) is 23.4 Å². The van der Waals surface area contributed by atoms with Gasteiger partial charge in [0.15, 0.2) is 17.5 Å². The Bertz CT molecular complexity index is 1810. The van der Waals surface area contributed by atoms with Crippen LogP contribution >= 0.6 is 0 Å². The fourth-order valence-corrected chi connectivity index (χ4v) is 6.38. The Balaban J connectivity index is 1.28. The van der Waals surface area contributed by atoms with Gasteiger partial charge in [-0.25, -0.2) is 15.0 Å². The predicted molar refractivity (Wildman–Crippen MR) is 157 cm³/mol. The van der Waals surface area contributed by atoms with Crippen molar-refractivity contribution in [3.63, 3.8) is 0 Å². The first-order valence-electron chi connectivity index (χ1n) is 13.7. The maximum Gasteiger partial charge on any atom is 0.172 e. The predicted octanol–water partition coefficient (Wildman–Crippen LogP) is 7.33. The molecule has 3 aliphatic carbocycles. The van der Waals surface area contributed by atoms with Crippen molar-refractivity contribution in [1.82, 2.24) is 15.0 Å². The molecule has 0 fully saturated rings. The molecule has 4 unspecified atom stereocenters. The quantitative estimate of drug-likeness (QED) is 0.287. The van der Waals surface area contributed by atoms with E-state index in [1.165, 1.54) is 11.1 Å². The van der Waals surface area contributed by atoms with Gasteiger partial charge in [-0.15, -0.1) is 0 Å². The second-order valence-electron chi connectivity index (χ2n) is 10.8. The highest BCUT2D eigenvalue weighted by Gasteiger charge is 2.39. The minimum absolute atomic E-state index is 0.0186. The first kappa shape index (κ1) is 22.9. The van der Waals surface area contributed by atoms with E-state index in [4.69, 9.17) is 19.7 Å². The van der Waals surface area contributed by atoms with Crippen LogP contribution in [-0.4, -0.2) is 21.1 Å². The van der Waals surface area contributed by atoms with Gasteiger partial charge in [0.05, 0.1) is 11.5 Å². The van der Waals surface area contributed by atoms with Gasteiger partial charge >= 0.3 is 0 Å². The largest absolute Gasteiger partial charge is 0.485 e. The van der Waals surface area contributed by atoms with E-state index in [9.17, 15) is 0 Å². The molecule has 3 aromatic carbocycles. The molecule has 8 rings (SSSR count). The van der Waals surface area contributed by atoms with Crippen molar-refractivity contribution in [2.75, 3.05) is 0 Å². The monoisotopic (exact) mass is 515 g/mol. The Labute approximate surface area is 233 Å². The lowest BCUT2D eigenvalue weighted by molar-refractivity contribution is 0.271. The van der Waals surface area contributed by atoms with Gasteiger partial charge < -0.3 is 4.74 Å². The molecule has 40 heavy (non-hydrogen) atoms. The Morgan fingerprint density at radius 1 is 0.850 bits per heavy atom. The Hall–Kier alpha value is -5.01. The molecule has 4 atom stereocenters. The van der Waals surface area contributed by atoms with Crippen LogP contribution in [0.3, 0.4) is 0 Å². The molecule has 0 saturated carbocycles. The summed E-state index contributed by atoms with van der Waals surface area (Å²) in [5.41, 5.74) is 6.36. The number of aromatic nitrogens is 3. The summed E-state index contributed by atoms with van der Waals surface area (Å²) in [6.45, 7) is 2.31. The molecular weight excluding hydrogens is 490 g/mol. The van der Waals surface area contributed by atoms with E-state index >= 15 is 0 Å². The third-order valence-electron chi connectivity index (χ3n) is 8.48. The summed E-state index contributed by atoms with van der Waals surface area (Å²) in [6, 6.07) is 26.8. The number of ether oxygens (including phenoxy) is 1. The minimum atomic E-state index is -0.0853. The molecule has 1 aromatic heterocycles. The zero-order chi connectivity index (χ0) is 26.7. The number of fused-ring (bicyclic) bond motifs is 6. The van der Waals surface area contributed by atoms with Gasteiger partial charge in [0, 0.05) is 28.0 Å². The fraction of sp³-hybridized carbons (Fsp3) is 0.139. The SMILES string of the molecule is CC12C=CC=CC1C=Cc1cc(-c3nc(C4=CC=CC5Oc6ccccc6C45)nc(-c4c#cccc4)n3)ccc12. The number of para-hydroxylation sites is 1. The van der Waals surface area contributed by atoms with Crippen LogP contribution in [0.2, 0.25) is 0 Å². The van der Waals surface area contributed by atoms with Crippen LogP contribution in [0.15, 0.2) is 109 Å². The van der Waals surface area contributed by atoms with Crippen molar-refractivity contribution in [2.45, 2.75) is 24.4 Å². The smallest absolute Gasteiger partial charge is 0.172 e. The maximum absolute atomic E-state index is 6.28. The summed E-state index contributed by atoms with van der Waals surface area (Å²) in [4.78, 5) is 15.0. The topological polar surface area (TPSA) is 47.9 Å². The van der Waals surface area contributed by atoms with Crippen molar-refractivity contribution >= 4 is 11.6 Å². The summed E-state index contributed by atoms with van der Waals surface area (Å²) < 4.78 is 6.28. The summed E-state index contributed by atoms with van der Waals surface area (Å²) in [5.74, 6) is 3.15. The molecule has 1 aliphatic heterocycles. The number of rotatable bonds is 3. The lowest BCUT2D eigenvalue weighted by atomic mass is 9.65. The van der Waals surface area contributed by atoms with Gasteiger partial charge in [-0.1, -0.05) is 104 Å². The van der Waals surface area contributed by atoms with E-state index < -0.39 is 0 Å². The van der Waals surface area contributed by atoms with Crippen molar-refractivity contribution in [1.29, 1.82) is 0 Å². The van der Waals surface area contributed by atoms with Crippen LogP contribution < -0.4 is 4.74 Å². The number of nitrogens with zero attached hydrogens (tertiary/aromatic N) is 3. The highest BCUT2D eigenvalue weighted by molar-refractivity contribution is 5.77. The van der Waals surface area contributed by atoms with Crippen LogP contribution in [-0.2, 0) is 5.41 Å². The van der Waals surface area contributed by atoms with Gasteiger partial charge in [-0.05, 0) is 41.5 Å². The molecule has 4 heteroatoms. The van der Waals surface area contributed by atoms with Gasteiger partial charge in [0.1, 0.15) is 11.9 Å². The molecule has 0 saturated heterocycles. The molecule has 190 valence electrons. The van der Waals surface area contributed by atoms with Crippen molar-refractivity contribution < 1.29 is 4.74 Å². The highest BCUT2D eigenvalue weighted by Crippen LogP contribution is 2.48. The van der Waals surface area contributed by atoms with Gasteiger partial charge in [-0.3, -0.25) is 0 Å². The number of benzene rings is 2. The van der Waals surface area contributed by atoms with Crippen LogP contribution in [0.1, 0.15) is 35.4 Å². The Morgan fingerprint density at radius 2 is 1.75 bits per heavy atom. The number of hydrogen-bond donors (Lipinski definition) is 0. The van der Waals surface area contributed by atoms with Gasteiger partial charge in [-0.2, -0.15) is 0 Å². The van der Waals surface area contributed by atoms with Crippen molar-refractivity contribution in [3.8, 4) is 28.5 Å². The van der Waals surface area contributed by atoms with E-state index in [1.807, 2.05) is 36.4 Å². The Kier molecular flexibility index (Phi) is 5.02. The first-order chi connectivity index (χ1) is 19.7. The van der Waals surface area contributed by atoms with E-state index in [2.05, 4.69) is 98.0 Å². The second kappa shape index (κ2) is 8.76. The summed E-state index contributed by atoms with van der Waals surface area (Å²) in [6.07, 6.45) is 19.6. The van der Waals surface area contributed by atoms with Crippen molar-refractivity contribution in [3.05, 3.63) is 144 Å². The molecule has 0 radical (unpaired) electrons. The van der Waals surface area contributed by atoms with Crippen LogP contribution in [0.5, 0.6) is 5.75 Å². The van der Waals surface area contributed by atoms with E-state index in [0.717, 1.165) is 28.0 Å². The molecule has 0 bridgehead atoms. The zero-order valence-electron chi connectivity index (χ0n) is 22.0. The molecule has 0 spiro atoms. The van der Waals surface area contributed by atoms with E-state index in [-0.39, 0.29) is 17.4 Å². The fourth-order valence-electron chi connectivity index (χ4n) is 6.38. The van der Waals surface area contributed by atoms with Gasteiger partial charge in [0.2, 0.25) is 0 Å². The lowest BCUT2D eigenvalue weighted by Crippen LogP contribution is -2.31. The molecule has 0 amide bonds. The lowest BCUT2D eigenvalue weighted by Gasteiger charge is -2.38. The van der Waals surface area contributed by atoms with Crippen LogP contribution in [0.4, 0.5) is 0 Å². The molecular formula is C36H25N3O.